The van der Waals surface area contributed by atoms with Gasteiger partial charge >= 0.3 is 0 Å². The number of halogens is 2. The summed E-state index contributed by atoms with van der Waals surface area (Å²) in [5, 5.41) is 6.04. The molecule has 1 saturated heterocycles. The summed E-state index contributed by atoms with van der Waals surface area (Å²) in [5.74, 6) is 1.29. The van der Waals surface area contributed by atoms with E-state index < -0.39 is 5.82 Å². The average Bonchev–Trinajstić information content (AvgIpc) is 3.36. The Labute approximate surface area is 289 Å². The standard InChI is InChI=1S/C33H40ClFN6O2.Y/c1-5-7-8-12-21-18-40(16-6-2)32-26-29(36-31(38-32)20(3)4)27(35)28(37-33(26)43-19-21)22-13-11-14-23-25(22)30(34)39-41(23)24-15-9-10-17-42-24;/h11,13-14,20-21,24H,1-2,5-10,12,15-19H2,3-4H3;/q-2;. The van der Waals surface area contributed by atoms with Crippen LogP contribution in [0.25, 0.3) is 33.1 Å². The normalized spacial score (nSPS) is 18.8. The van der Waals surface area contributed by atoms with Gasteiger partial charge in [-0.3, -0.25) is 0 Å². The summed E-state index contributed by atoms with van der Waals surface area (Å²) in [4.78, 5) is 16.8. The summed E-state index contributed by atoms with van der Waals surface area (Å²) in [7, 11) is 0. The Bertz CT molecular complexity index is 1610. The summed E-state index contributed by atoms with van der Waals surface area (Å²) >= 11 is 6.77. The molecule has 11 heteroatoms. The van der Waals surface area contributed by atoms with Gasteiger partial charge in [-0.1, -0.05) is 50.4 Å². The van der Waals surface area contributed by atoms with Gasteiger partial charge in [0.05, 0.1) is 12.1 Å². The van der Waals surface area contributed by atoms with Crippen molar-refractivity contribution in [2.45, 2.75) is 77.4 Å². The Hall–Kier alpha value is -1.94. The first-order chi connectivity index (χ1) is 20.9. The molecule has 2 unspecified atom stereocenters. The molecule has 6 rings (SSSR count). The fourth-order valence-electron chi connectivity index (χ4n) is 6.21. The molecule has 5 heterocycles. The van der Waals surface area contributed by atoms with Crippen molar-refractivity contribution < 1.29 is 46.6 Å². The second kappa shape index (κ2) is 14.7. The van der Waals surface area contributed by atoms with Crippen LogP contribution in [0.2, 0.25) is 5.15 Å². The zero-order valence-corrected chi connectivity index (χ0v) is 29.3. The third-order valence-corrected chi connectivity index (χ3v) is 8.68. The maximum absolute atomic E-state index is 16.8. The van der Waals surface area contributed by atoms with Crippen LogP contribution in [-0.2, 0) is 37.4 Å². The van der Waals surface area contributed by atoms with Crippen molar-refractivity contribution in [3.63, 3.8) is 0 Å². The van der Waals surface area contributed by atoms with Crippen molar-refractivity contribution in [1.29, 1.82) is 0 Å². The van der Waals surface area contributed by atoms with Gasteiger partial charge in [0, 0.05) is 68.6 Å². The monoisotopic (exact) mass is 695 g/mol. The number of fused-ring (bicyclic) bond motifs is 1. The Morgan fingerprint density at radius 1 is 1.09 bits per heavy atom. The van der Waals surface area contributed by atoms with Crippen LogP contribution in [0.15, 0.2) is 18.2 Å². The van der Waals surface area contributed by atoms with Crippen molar-refractivity contribution in [3.8, 4) is 17.1 Å². The number of anilines is 1. The first kappa shape index (κ1) is 33.4. The summed E-state index contributed by atoms with van der Waals surface area (Å²) in [6.45, 7) is 14.7. The fourth-order valence-corrected chi connectivity index (χ4v) is 6.49. The third kappa shape index (κ3) is 6.49. The van der Waals surface area contributed by atoms with Crippen molar-refractivity contribution in [2.24, 2.45) is 5.92 Å². The van der Waals surface area contributed by atoms with Gasteiger partial charge in [0.1, 0.15) is 28.2 Å². The first-order valence-corrected chi connectivity index (χ1v) is 15.9. The molecular formula is C33H40ClFN6O2Y-2. The Morgan fingerprint density at radius 3 is 2.66 bits per heavy atom. The zero-order valence-electron chi connectivity index (χ0n) is 25.7. The molecule has 0 aliphatic carbocycles. The average molecular weight is 696 g/mol. The van der Waals surface area contributed by atoms with E-state index in [1.165, 1.54) is 0 Å². The number of aromatic nitrogens is 5. The van der Waals surface area contributed by atoms with Crippen molar-refractivity contribution in [1.82, 2.24) is 24.7 Å². The molecule has 8 nitrogen and oxygen atoms in total. The van der Waals surface area contributed by atoms with Crippen LogP contribution in [0.4, 0.5) is 10.2 Å². The number of unbranched alkanes of at least 4 members (excludes halogenated alkanes) is 2. The maximum Gasteiger partial charge on any atom is 0.227 e. The van der Waals surface area contributed by atoms with Gasteiger partial charge in [-0.05, 0) is 38.3 Å². The van der Waals surface area contributed by atoms with Crippen molar-refractivity contribution in [3.05, 3.63) is 48.8 Å². The van der Waals surface area contributed by atoms with Crippen LogP contribution in [0.1, 0.15) is 83.2 Å². The van der Waals surface area contributed by atoms with Gasteiger partial charge in [0.2, 0.25) is 5.88 Å². The van der Waals surface area contributed by atoms with E-state index in [1.54, 1.807) is 0 Å². The number of nitrogens with zero attached hydrogens (tertiary/aromatic N) is 6. The summed E-state index contributed by atoms with van der Waals surface area (Å²) < 4.78 is 31.1. The van der Waals surface area contributed by atoms with Crippen LogP contribution >= 0.6 is 11.6 Å². The molecule has 2 aliphatic heterocycles. The van der Waals surface area contributed by atoms with Gasteiger partial charge in [-0.2, -0.15) is 17.9 Å². The number of benzene rings is 1. The van der Waals surface area contributed by atoms with Crippen LogP contribution in [0.5, 0.6) is 5.88 Å². The van der Waals surface area contributed by atoms with E-state index in [-0.39, 0.29) is 67.1 Å². The predicted octanol–water partition coefficient (Wildman–Crippen LogP) is 8.09. The van der Waals surface area contributed by atoms with E-state index in [1.807, 2.05) is 36.7 Å². The molecule has 2 atom stereocenters. The second-order valence-corrected chi connectivity index (χ2v) is 12.3. The number of hydrogen-bond acceptors (Lipinski definition) is 7. The fraction of sp³-hybridized carbons (Fsp3) is 0.515. The SMILES string of the molecule is [CH2-]CCCCC1COc2nc(-c3cccc4c3c(Cl)nn4C3CCCCO3)c(F)c3nc(C(C)C)nc(c23)N(CC[CH2-])C1.[Y]. The van der Waals surface area contributed by atoms with Gasteiger partial charge in [0.25, 0.3) is 0 Å². The zero-order chi connectivity index (χ0) is 30.1. The number of ether oxygens (including phenoxy) is 2. The number of hydrogen-bond donors (Lipinski definition) is 0. The smallest absolute Gasteiger partial charge is 0.227 e. The third-order valence-electron chi connectivity index (χ3n) is 8.42. The van der Waals surface area contributed by atoms with Crippen LogP contribution < -0.4 is 9.64 Å². The van der Waals surface area contributed by atoms with Crippen LogP contribution in [-0.4, -0.2) is 51.0 Å². The molecule has 1 aromatic carbocycles. The Kier molecular flexibility index (Phi) is 11.1. The predicted molar refractivity (Wildman–Crippen MR) is 169 cm³/mol. The maximum atomic E-state index is 16.8. The van der Waals surface area contributed by atoms with E-state index in [0.29, 0.717) is 60.0 Å². The molecule has 233 valence electrons. The Morgan fingerprint density at radius 2 is 1.93 bits per heavy atom. The minimum atomic E-state index is -0.528. The van der Waals surface area contributed by atoms with Gasteiger partial charge in [-0.25, -0.2) is 24.0 Å². The second-order valence-electron chi connectivity index (χ2n) is 11.9. The van der Waals surface area contributed by atoms with Crippen LogP contribution in [0, 0.1) is 25.6 Å². The topological polar surface area (TPSA) is 78.2 Å². The van der Waals surface area contributed by atoms with E-state index in [9.17, 15) is 0 Å². The minimum Gasteiger partial charge on any atom is -0.477 e. The molecule has 0 amide bonds. The van der Waals surface area contributed by atoms with Gasteiger partial charge in [-0.15, -0.1) is 0 Å². The molecule has 4 aromatic rings. The minimum absolute atomic E-state index is 0. The van der Waals surface area contributed by atoms with E-state index in [4.69, 9.17) is 36.0 Å². The molecule has 0 saturated carbocycles. The van der Waals surface area contributed by atoms with Crippen molar-refractivity contribution in [2.75, 3.05) is 31.2 Å². The number of rotatable bonds is 9. The quantitative estimate of drug-likeness (QED) is 0.129. The summed E-state index contributed by atoms with van der Waals surface area (Å²) in [6.07, 6.45) is 7.42. The molecule has 44 heavy (non-hydrogen) atoms. The summed E-state index contributed by atoms with van der Waals surface area (Å²) in [5.41, 5.74) is 1.65. The van der Waals surface area contributed by atoms with Crippen LogP contribution in [0.3, 0.4) is 0 Å². The molecule has 0 bridgehead atoms. The molecule has 3 aromatic heterocycles. The number of pyridine rings is 1. The van der Waals surface area contributed by atoms with E-state index in [0.717, 1.165) is 57.0 Å². The Balaban J connectivity index is 0.00000384. The van der Waals surface area contributed by atoms with E-state index in [2.05, 4.69) is 23.8 Å². The van der Waals surface area contributed by atoms with Crippen molar-refractivity contribution >= 4 is 39.2 Å². The molecule has 0 N–H and O–H groups in total. The largest absolute Gasteiger partial charge is 0.477 e. The molecular weight excluding hydrogens is 656 g/mol. The van der Waals surface area contributed by atoms with E-state index >= 15 is 4.39 Å². The molecule has 1 fully saturated rings. The van der Waals surface area contributed by atoms with Gasteiger partial charge < -0.3 is 28.2 Å². The van der Waals surface area contributed by atoms with Gasteiger partial charge in [0.15, 0.2) is 17.2 Å². The molecule has 0 spiro atoms. The molecule has 2 aliphatic rings. The molecule has 1 radical (unpaired) electrons. The first-order valence-electron chi connectivity index (χ1n) is 15.6. The summed E-state index contributed by atoms with van der Waals surface area (Å²) in [6, 6.07) is 5.65.